The summed E-state index contributed by atoms with van der Waals surface area (Å²) in [5, 5.41) is 4.19. The lowest BCUT2D eigenvalue weighted by Crippen LogP contribution is -2.58. The molecular formula is C38H27NO6. The number of rotatable bonds is 3. The zero-order valence-corrected chi connectivity index (χ0v) is 24.2. The predicted octanol–water partition coefficient (Wildman–Crippen LogP) is 6.24. The maximum absolute atomic E-state index is 14.1. The van der Waals surface area contributed by atoms with Crippen LogP contribution in [0.15, 0.2) is 103 Å². The van der Waals surface area contributed by atoms with Gasteiger partial charge in [0.15, 0.2) is 28.6 Å². The minimum atomic E-state index is -1.03. The van der Waals surface area contributed by atoms with Crippen LogP contribution in [0.25, 0.3) is 11.1 Å². The van der Waals surface area contributed by atoms with Crippen molar-refractivity contribution in [3.05, 3.63) is 142 Å². The van der Waals surface area contributed by atoms with Crippen LogP contribution in [0.3, 0.4) is 0 Å². The number of hydrogen-bond acceptors (Lipinski definition) is 7. The van der Waals surface area contributed by atoms with Gasteiger partial charge in [0, 0.05) is 12.0 Å². The second-order valence-corrected chi connectivity index (χ2v) is 12.3. The molecule has 7 nitrogen and oxygen atoms in total. The average Bonchev–Trinajstić information content (AvgIpc) is 3.85. The van der Waals surface area contributed by atoms with Crippen molar-refractivity contribution in [1.82, 2.24) is 5.32 Å². The highest BCUT2D eigenvalue weighted by molar-refractivity contribution is 5.97. The van der Waals surface area contributed by atoms with Gasteiger partial charge in [-0.15, -0.1) is 0 Å². The van der Waals surface area contributed by atoms with Crippen LogP contribution in [0.2, 0.25) is 0 Å². The molecular weight excluding hydrogens is 566 g/mol. The summed E-state index contributed by atoms with van der Waals surface area (Å²) in [4.78, 5) is 14.1. The highest BCUT2D eigenvalue weighted by atomic mass is 16.7. The molecule has 0 fully saturated rings. The maximum atomic E-state index is 14.1. The molecule has 10 rings (SSSR count). The Labute approximate surface area is 259 Å². The third-order valence-corrected chi connectivity index (χ3v) is 10.1. The molecule has 7 heteroatoms. The average molecular weight is 594 g/mol. The molecule has 220 valence electrons. The normalized spacial score (nSPS) is 22.0. The van der Waals surface area contributed by atoms with Gasteiger partial charge in [-0.1, -0.05) is 84.9 Å². The molecule has 2 atom stereocenters. The van der Waals surface area contributed by atoms with Crippen molar-refractivity contribution in [2.24, 2.45) is 0 Å². The number of hydrogen-bond donors (Lipinski definition) is 1. The first kappa shape index (κ1) is 25.1. The molecule has 3 aliphatic heterocycles. The van der Waals surface area contributed by atoms with E-state index in [1.54, 1.807) is 0 Å². The van der Waals surface area contributed by atoms with E-state index < -0.39 is 17.1 Å². The standard InChI is InChI=1S/C38H27NO6/c40-36-34-22(14-15-30-35(34)44-21-41-30)19-37(45-36)29-18-32-31(42-20-43-32)16-23(29)17-33(37)39-38(24-8-2-1-3-9-24)27-12-6-4-10-25(27)26-11-5-7-13-28(26)38/h1-16,18,33,39H,17,19-21H2/t33-,37+/m0/s1. The number of carbonyl (C=O) groups excluding carboxylic acids is 1. The van der Waals surface area contributed by atoms with Gasteiger partial charge in [0.05, 0.1) is 11.6 Å². The van der Waals surface area contributed by atoms with Gasteiger partial charge < -0.3 is 23.7 Å². The van der Waals surface area contributed by atoms with Crippen LogP contribution in [0.5, 0.6) is 23.0 Å². The van der Waals surface area contributed by atoms with E-state index in [0.29, 0.717) is 41.4 Å². The van der Waals surface area contributed by atoms with Crippen molar-refractivity contribution in [3.63, 3.8) is 0 Å². The molecule has 0 radical (unpaired) electrons. The lowest BCUT2D eigenvalue weighted by Gasteiger charge is -2.45. The fraction of sp³-hybridized carbons (Fsp3) is 0.184. The Hall–Kier alpha value is -5.27. The summed E-state index contributed by atoms with van der Waals surface area (Å²) in [5.74, 6) is 1.98. The van der Waals surface area contributed by atoms with E-state index >= 15 is 0 Å². The lowest BCUT2D eigenvalue weighted by atomic mass is 9.76. The molecule has 1 N–H and O–H groups in total. The minimum Gasteiger partial charge on any atom is -0.454 e. The molecule has 3 heterocycles. The molecule has 0 bridgehead atoms. The molecule has 0 saturated heterocycles. The molecule has 5 aromatic carbocycles. The maximum Gasteiger partial charge on any atom is 0.343 e. The molecule has 5 aliphatic rings. The number of nitrogens with one attached hydrogen (secondary N) is 1. The molecule has 0 saturated carbocycles. The van der Waals surface area contributed by atoms with Crippen LogP contribution in [-0.2, 0) is 28.7 Å². The Kier molecular flexibility index (Phi) is 4.96. The Morgan fingerprint density at radius 2 is 1.31 bits per heavy atom. The van der Waals surface area contributed by atoms with Crippen molar-refractivity contribution in [2.75, 3.05) is 13.6 Å². The van der Waals surface area contributed by atoms with Gasteiger partial charge in [0.2, 0.25) is 13.6 Å². The van der Waals surface area contributed by atoms with Gasteiger partial charge in [-0.25, -0.2) is 4.79 Å². The van der Waals surface area contributed by atoms with Gasteiger partial charge >= 0.3 is 5.97 Å². The molecule has 1 spiro atoms. The monoisotopic (exact) mass is 593 g/mol. The Balaban J connectivity index is 1.20. The van der Waals surface area contributed by atoms with Crippen molar-refractivity contribution in [1.29, 1.82) is 0 Å². The van der Waals surface area contributed by atoms with E-state index in [-0.39, 0.29) is 19.6 Å². The highest BCUT2D eigenvalue weighted by Crippen LogP contribution is 2.56. The minimum absolute atomic E-state index is 0.0825. The topological polar surface area (TPSA) is 75.3 Å². The first-order chi connectivity index (χ1) is 22.2. The quantitative estimate of drug-likeness (QED) is 0.248. The summed E-state index contributed by atoms with van der Waals surface area (Å²) < 4.78 is 29.7. The lowest BCUT2D eigenvalue weighted by molar-refractivity contribution is -0.0462. The number of carbonyl (C=O) groups is 1. The van der Waals surface area contributed by atoms with Crippen LogP contribution in [-0.4, -0.2) is 25.6 Å². The summed E-state index contributed by atoms with van der Waals surface area (Å²) in [5.41, 5.74) is 7.42. The Morgan fingerprint density at radius 3 is 2.09 bits per heavy atom. The van der Waals surface area contributed by atoms with E-state index in [4.69, 9.17) is 23.7 Å². The fourth-order valence-corrected chi connectivity index (χ4v) is 8.29. The summed E-state index contributed by atoms with van der Waals surface area (Å²) in [7, 11) is 0. The van der Waals surface area contributed by atoms with Crippen LogP contribution < -0.4 is 24.3 Å². The van der Waals surface area contributed by atoms with Crippen molar-refractivity contribution < 1.29 is 28.5 Å². The van der Waals surface area contributed by atoms with Crippen molar-refractivity contribution in [3.8, 4) is 34.1 Å². The van der Waals surface area contributed by atoms with E-state index in [0.717, 1.165) is 22.3 Å². The number of ether oxygens (including phenoxy) is 5. The molecule has 5 aromatic rings. The van der Waals surface area contributed by atoms with Crippen molar-refractivity contribution in [2.45, 2.75) is 30.0 Å². The second-order valence-electron chi connectivity index (χ2n) is 12.3. The van der Waals surface area contributed by atoms with E-state index in [1.165, 1.54) is 22.3 Å². The van der Waals surface area contributed by atoms with Crippen molar-refractivity contribution >= 4 is 5.97 Å². The summed E-state index contributed by atoms with van der Waals surface area (Å²) in [6, 6.07) is 35.4. The molecule has 2 aliphatic carbocycles. The van der Waals surface area contributed by atoms with Crippen LogP contribution in [0.1, 0.15) is 43.7 Å². The van der Waals surface area contributed by atoms with Gasteiger partial charge in [-0.05, 0) is 63.6 Å². The summed E-state index contributed by atoms with van der Waals surface area (Å²) in [6.07, 6.45) is 1.08. The van der Waals surface area contributed by atoms with Crippen LogP contribution in [0.4, 0.5) is 0 Å². The van der Waals surface area contributed by atoms with Gasteiger partial charge in [-0.2, -0.15) is 0 Å². The van der Waals surface area contributed by atoms with E-state index in [1.807, 2.05) is 24.3 Å². The Bertz CT molecular complexity index is 2030. The van der Waals surface area contributed by atoms with Crippen LogP contribution >= 0.6 is 0 Å². The summed E-state index contributed by atoms with van der Waals surface area (Å²) >= 11 is 0. The number of esters is 1. The first-order valence-electron chi connectivity index (χ1n) is 15.3. The highest BCUT2D eigenvalue weighted by Gasteiger charge is 2.58. The predicted molar refractivity (Wildman–Crippen MR) is 165 cm³/mol. The van der Waals surface area contributed by atoms with Gasteiger partial charge in [0.25, 0.3) is 0 Å². The zero-order chi connectivity index (χ0) is 29.8. The summed E-state index contributed by atoms with van der Waals surface area (Å²) in [6.45, 7) is 0.253. The van der Waals surface area contributed by atoms with E-state index in [9.17, 15) is 4.79 Å². The molecule has 0 unspecified atom stereocenters. The van der Waals surface area contributed by atoms with Gasteiger partial charge in [0.1, 0.15) is 5.56 Å². The smallest absolute Gasteiger partial charge is 0.343 e. The molecule has 0 aromatic heterocycles. The third kappa shape index (κ3) is 3.25. The number of fused-ring (bicyclic) bond motifs is 9. The number of benzene rings is 5. The largest absolute Gasteiger partial charge is 0.454 e. The third-order valence-electron chi connectivity index (χ3n) is 10.1. The van der Waals surface area contributed by atoms with Gasteiger partial charge in [-0.3, -0.25) is 5.32 Å². The van der Waals surface area contributed by atoms with Crippen LogP contribution in [0, 0.1) is 0 Å². The Morgan fingerprint density at radius 1 is 0.644 bits per heavy atom. The second kappa shape index (κ2) is 8.89. The zero-order valence-electron chi connectivity index (χ0n) is 24.2. The van der Waals surface area contributed by atoms with E-state index in [2.05, 4.69) is 84.2 Å². The first-order valence-corrected chi connectivity index (χ1v) is 15.3. The molecule has 0 amide bonds. The SMILES string of the molecule is O=C1O[C@]2(Cc3ccc4c(c31)OCO4)c1cc3c(cc1C[C@@H]2NC1(c2ccccc2)c2ccccc2-c2ccccc21)OCO3. The molecule has 45 heavy (non-hydrogen) atoms. The fourth-order valence-electron chi connectivity index (χ4n) is 8.29.